The SMILES string of the molecule is Cc1ccccc1-c1nc2cc(N=C/C=C/c3cc(Br)ccc3O)ccc2o1. The van der Waals surface area contributed by atoms with Crippen LogP contribution in [0.5, 0.6) is 5.75 Å². The zero-order valence-electron chi connectivity index (χ0n) is 15.1. The van der Waals surface area contributed by atoms with Crippen LogP contribution in [0.2, 0.25) is 0 Å². The van der Waals surface area contributed by atoms with Crippen molar-refractivity contribution in [2.24, 2.45) is 4.99 Å². The van der Waals surface area contributed by atoms with Gasteiger partial charge in [-0.15, -0.1) is 0 Å². The van der Waals surface area contributed by atoms with E-state index in [0.29, 0.717) is 5.89 Å². The van der Waals surface area contributed by atoms with Crippen molar-refractivity contribution >= 4 is 45.0 Å². The first-order valence-corrected chi connectivity index (χ1v) is 9.55. The third-order valence-electron chi connectivity index (χ3n) is 4.32. The number of phenols is 1. The number of fused-ring (bicyclic) bond motifs is 1. The highest BCUT2D eigenvalue weighted by Gasteiger charge is 2.10. The van der Waals surface area contributed by atoms with Crippen LogP contribution in [0.15, 0.2) is 80.6 Å². The molecule has 0 saturated heterocycles. The van der Waals surface area contributed by atoms with Gasteiger partial charge in [-0.25, -0.2) is 4.98 Å². The van der Waals surface area contributed by atoms with Crippen LogP contribution in [-0.4, -0.2) is 16.3 Å². The van der Waals surface area contributed by atoms with E-state index in [9.17, 15) is 5.11 Å². The maximum absolute atomic E-state index is 9.85. The minimum atomic E-state index is 0.223. The van der Waals surface area contributed by atoms with Crippen LogP contribution in [0.25, 0.3) is 28.6 Å². The highest BCUT2D eigenvalue weighted by molar-refractivity contribution is 9.10. The molecule has 0 aliphatic rings. The Kier molecular flexibility index (Phi) is 5.08. The fraction of sp³-hybridized carbons (Fsp3) is 0.0435. The van der Waals surface area contributed by atoms with Crippen molar-refractivity contribution in [2.45, 2.75) is 6.92 Å². The molecule has 0 aliphatic heterocycles. The van der Waals surface area contributed by atoms with Gasteiger partial charge in [0, 0.05) is 21.8 Å². The van der Waals surface area contributed by atoms with Gasteiger partial charge < -0.3 is 9.52 Å². The first kappa shape index (κ1) is 18.2. The van der Waals surface area contributed by atoms with Crippen molar-refractivity contribution in [1.82, 2.24) is 4.98 Å². The lowest BCUT2D eigenvalue weighted by molar-refractivity contribution is 0.474. The standard InChI is InChI=1S/C23H17BrN2O2/c1-15-5-2-3-7-19(15)23-26-20-14-18(9-11-22(20)28-23)25-12-4-6-16-13-17(24)8-10-21(16)27/h2-14,27H,1H3/b6-4+,25-12?. The lowest BCUT2D eigenvalue weighted by Gasteiger charge is -1.98. The smallest absolute Gasteiger partial charge is 0.227 e. The van der Waals surface area contributed by atoms with Gasteiger partial charge in [-0.3, -0.25) is 4.99 Å². The number of halogens is 1. The molecule has 0 saturated carbocycles. The minimum Gasteiger partial charge on any atom is -0.507 e. The molecule has 0 atom stereocenters. The highest BCUT2D eigenvalue weighted by Crippen LogP contribution is 2.29. The lowest BCUT2D eigenvalue weighted by Crippen LogP contribution is -1.81. The first-order valence-electron chi connectivity index (χ1n) is 8.76. The van der Waals surface area contributed by atoms with Crippen LogP contribution in [0.1, 0.15) is 11.1 Å². The van der Waals surface area contributed by atoms with Crippen LogP contribution < -0.4 is 0 Å². The number of hydrogen-bond donors (Lipinski definition) is 1. The molecule has 0 bridgehead atoms. The molecule has 1 heterocycles. The summed E-state index contributed by atoms with van der Waals surface area (Å²) in [4.78, 5) is 9.04. The lowest BCUT2D eigenvalue weighted by atomic mass is 10.1. The zero-order valence-corrected chi connectivity index (χ0v) is 16.7. The number of nitrogens with zero attached hydrogens (tertiary/aromatic N) is 2. The molecular formula is C23H17BrN2O2. The summed E-state index contributed by atoms with van der Waals surface area (Å²) in [5.74, 6) is 0.833. The summed E-state index contributed by atoms with van der Waals surface area (Å²) in [6.45, 7) is 2.04. The number of phenolic OH excluding ortho intramolecular Hbond substituents is 1. The van der Waals surface area contributed by atoms with Gasteiger partial charge in [0.25, 0.3) is 0 Å². The Morgan fingerprint density at radius 3 is 2.79 bits per heavy atom. The van der Waals surface area contributed by atoms with Gasteiger partial charge in [0.15, 0.2) is 5.58 Å². The summed E-state index contributed by atoms with van der Waals surface area (Å²) in [5.41, 5.74) is 5.10. The predicted molar refractivity (Wildman–Crippen MR) is 117 cm³/mol. The topological polar surface area (TPSA) is 58.6 Å². The second-order valence-corrected chi connectivity index (χ2v) is 7.24. The van der Waals surface area contributed by atoms with Crippen molar-refractivity contribution in [3.63, 3.8) is 0 Å². The van der Waals surface area contributed by atoms with E-state index in [-0.39, 0.29) is 5.75 Å². The van der Waals surface area contributed by atoms with Crippen molar-refractivity contribution < 1.29 is 9.52 Å². The Labute approximate surface area is 171 Å². The normalized spacial score (nSPS) is 11.8. The van der Waals surface area contributed by atoms with Crippen LogP contribution >= 0.6 is 15.9 Å². The fourth-order valence-corrected chi connectivity index (χ4v) is 3.24. The average Bonchev–Trinajstić information content (AvgIpc) is 3.11. The zero-order chi connectivity index (χ0) is 19.5. The molecule has 4 nitrogen and oxygen atoms in total. The average molecular weight is 433 g/mol. The third kappa shape index (κ3) is 3.89. The van der Waals surface area contributed by atoms with Crippen molar-refractivity contribution in [2.75, 3.05) is 0 Å². The van der Waals surface area contributed by atoms with E-state index >= 15 is 0 Å². The number of aromatic nitrogens is 1. The van der Waals surface area contributed by atoms with E-state index in [1.54, 1.807) is 30.5 Å². The van der Waals surface area contributed by atoms with Gasteiger partial charge >= 0.3 is 0 Å². The predicted octanol–water partition coefficient (Wildman–Crippen LogP) is 6.69. The van der Waals surface area contributed by atoms with E-state index in [1.165, 1.54) is 0 Å². The van der Waals surface area contributed by atoms with E-state index in [2.05, 4.69) is 25.9 Å². The van der Waals surface area contributed by atoms with Crippen molar-refractivity contribution in [1.29, 1.82) is 0 Å². The third-order valence-corrected chi connectivity index (χ3v) is 4.81. The first-order chi connectivity index (χ1) is 13.6. The number of oxazole rings is 1. The minimum absolute atomic E-state index is 0.223. The van der Waals surface area contributed by atoms with E-state index in [4.69, 9.17) is 4.42 Å². The monoisotopic (exact) mass is 432 g/mol. The Morgan fingerprint density at radius 1 is 1.07 bits per heavy atom. The fourth-order valence-electron chi connectivity index (χ4n) is 2.86. The maximum atomic E-state index is 9.85. The molecule has 5 heteroatoms. The number of hydrogen-bond acceptors (Lipinski definition) is 4. The molecule has 0 spiro atoms. The Bertz CT molecular complexity index is 1210. The summed E-state index contributed by atoms with van der Waals surface area (Å²) in [5, 5.41) is 9.85. The largest absolute Gasteiger partial charge is 0.507 e. The molecule has 0 radical (unpaired) electrons. The summed E-state index contributed by atoms with van der Waals surface area (Å²) < 4.78 is 6.79. The van der Waals surface area contributed by atoms with Crippen molar-refractivity contribution in [3.05, 3.63) is 82.3 Å². The molecule has 1 aromatic heterocycles. The molecule has 28 heavy (non-hydrogen) atoms. The molecule has 1 N–H and O–H groups in total. The van der Waals surface area contributed by atoms with E-state index < -0.39 is 0 Å². The number of benzene rings is 3. The van der Waals surface area contributed by atoms with Gasteiger partial charge in [0.1, 0.15) is 11.3 Å². The van der Waals surface area contributed by atoms with E-state index in [0.717, 1.165) is 38.0 Å². The molecule has 4 rings (SSSR count). The van der Waals surface area contributed by atoms with Crippen LogP contribution in [0, 0.1) is 6.92 Å². The van der Waals surface area contributed by atoms with Gasteiger partial charge in [-0.2, -0.15) is 0 Å². The second kappa shape index (κ2) is 7.82. The van der Waals surface area contributed by atoms with Crippen LogP contribution in [0.3, 0.4) is 0 Å². The van der Waals surface area contributed by atoms with Gasteiger partial charge in [0.05, 0.1) is 5.69 Å². The molecular weight excluding hydrogens is 416 g/mol. The van der Waals surface area contributed by atoms with Gasteiger partial charge in [0.2, 0.25) is 5.89 Å². The Hall–Kier alpha value is -3.18. The second-order valence-electron chi connectivity index (χ2n) is 6.33. The Balaban J connectivity index is 1.56. The number of aromatic hydroxyl groups is 1. The summed E-state index contributed by atoms with van der Waals surface area (Å²) in [7, 11) is 0. The molecule has 0 aliphatic carbocycles. The molecule has 4 aromatic rings. The van der Waals surface area contributed by atoms with Gasteiger partial charge in [-0.05, 0) is 67.1 Å². The van der Waals surface area contributed by atoms with Crippen molar-refractivity contribution in [3.8, 4) is 17.2 Å². The quantitative estimate of drug-likeness (QED) is 0.365. The molecule has 0 unspecified atom stereocenters. The van der Waals surface area contributed by atoms with E-state index in [1.807, 2.05) is 55.5 Å². The van der Waals surface area contributed by atoms with Crippen LogP contribution in [-0.2, 0) is 0 Å². The highest BCUT2D eigenvalue weighted by atomic mass is 79.9. The molecule has 3 aromatic carbocycles. The molecule has 0 amide bonds. The number of allylic oxidation sites excluding steroid dienone is 1. The summed E-state index contributed by atoms with van der Waals surface area (Å²) in [6.07, 6.45) is 5.27. The Morgan fingerprint density at radius 2 is 1.93 bits per heavy atom. The van der Waals surface area contributed by atoms with Gasteiger partial charge in [-0.1, -0.05) is 34.1 Å². The number of rotatable bonds is 4. The number of aliphatic imine (C=N–C) groups is 1. The molecule has 0 fully saturated rings. The van der Waals surface area contributed by atoms with Crippen LogP contribution in [0.4, 0.5) is 5.69 Å². The maximum Gasteiger partial charge on any atom is 0.227 e. The summed E-state index contributed by atoms with van der Waals surface area (Å²) >= 11 is 3.39. The molecule has 138 valence electrons. The summed E-state index contributed by atoms with van der Waals surface area (Å²) in [6, 6.07) is 18.9. The number of aryl methyl sites for hydroxylation is 1.